The van der Waals surface area contributed by atoms with E-state index in [1.165, 1.54) is 6.07 Å². The fraction of sp³-hybridized carbons (Fsp3) is 0.500. The van der Waals surface area contributed by atoms with Crippen LogP contribution in [0.5, 0.6) is 5.75 Å². The van der Waals surface area contributed by atoms with Gasteiger partial charge in [-0.1, -0.05) is 0 Å². The Morgan fingerprint density at radius 2 is 2.22 bits per heavy atom. The molecular formula is C14H16F4N2O2S. The largest absolute Gasteiger partial charge is 0.482 e. The van der Waals surface area contributed by atoms with Crippen LogP contribution in [0.1, 0.15) is 6.42 Å². The molecule has 0 bridgehead atoms. The Morgan fingerprint density at radius 1 is 1.43 bits per heavy atom. The van der Waals surface area contributed by atoms with Gasteiger partial charge in [-0.3, -0.25) is 4.79 Å². The van der Waals surface area contributed by atoms with Crippen molar-refractivity contribution >= 4 is 23.4 Å². The fourth-order valence-electron chi connectivity index (χ4n) is 2.05. The number of anilines is 1. The highest BCUT2D eigenvalue weighted by molar-refractivity contribution is 7.99. The fourth-order valence-corrected chi connectivity index (χ4v) is 3.00. The maximum absolute atomic E-state index is 13.2. The minimum Gasteiger partial charge on any atom is -0.482 e. The maximum Gasteiger partial charge on any atom is 0.422 e. The molecule has 0 saturated carbocycles. The first kappa shape index (κ1) is 17.9. The topological polar surface area (TPSA) is 50.4 Å². The van der Waals surface area contributed by atoms with Crippen molar-refractivity contribution in [2.24, 2.45) is 0 Å². The van der Waals surface area contributed by atoms with E-state index in [0.717, 1.165) is 30.2 Å². The number of nitrogens with one attached hydrogen (secondary N) is 2. The highest BCUT2D eigenvalue weighted by atomic mass is 32.2. The molecule has 0 radical (unpaired) electrons. The molecule has 2 rings (SSSR count). The van der Waals surface area contributed by atoms with Gasteiger partial charge in [0.05, 0.1) is 5.69 Å². The molecule has 1 atom stereocenters. The van der Waals surface area contributed by atoms with Crippen molar-refractivity contribution < 1.29 is 27.1 Å². The van der Waals surface area contributed by atoms with Gasteiger partial charge in [0.25, 0.3) is 0 Å². The van der Waals surface area contributed by atoms with Crippen LogP contribution < -0.4 is 15.4 Å². The molecule has 0 aliphatic carbocycles. The molecule has 1 aromatic carbocycles. The number of carbonyl (C=O) groups is 1. The Hall–Kier alpha value is -1.48. The van der Waals surface area contributed by atoms with Crippen molar-refractivity contribution in [2.45, 2.75) is 18.6 Å². The quantitative estimate of drug-likeness (QED) is 0.800. The smallest absolute Gasteiger partial charge is 0.422 e. The second-order valence-corrected chi connectivity index (χ2v) is 6.17. The number of ether oxygens (including phenoxy) is 1. The van der Waals surface area contributed by atoms with E-state index < -0.39 is 18.6 Å². The van der Waals surface area contributed by atoms with E-state index in [1.54, 1.807) is 11.8 Å². The summed E-state index contributed by atoms with van der Waals surface area (Å²) in [6, 6.07) is 3.05. The second-order valence-electron chi connectivity index (χ2n) is 5.02. The van der Waals surface area contributed by atoms with Crippen LogP contribution in [0, 0.1) is 5.82 Å². The SMILES string of the molecule is O=C(CC1CSCCN1)Nc1ccc(F)cc1OCC(F)(F)F. The molecule has 1 aliphatic heterocycles. The van der Waals surface area contributed by atoms with Crippen LogP contribution in [0.15, 0.2) is 18.2 Å². The van der Waals surface area contributed by atoms with Gasteiger partial charge in [-0.05, 0) is 12.1 Å². The Bertz CT molecular complexity index is 548. The number of rotatable bonds is 5. The van der Waals surface area contributed by atoms with Crippen LogP contribution in [-0.4, -0.2) is 42.8 Å². The third-order valence-corrected chi connectivity index (χ3v) is 4.17. The number of hydrogen-bond donors (Lipinski definition) is 2. The van der Waals surface area contributed by atoms with Crippen LogP contribution in [0.3, 0.4) is 0 Å². The van der Waals surface area contributed by atoms with Gasteiger partial charge in [-0.2, -0.15) is 24.9 Å². The molecule has 128 valence electrons. The number of halogens is 4. The summed E-state index contributed by atoms with van der Waals surface area (Å²) in [7, 11) is 0. The molecule has 2 N–H and O–H groups in total. The molecule has 1 saturated heterocycles. The van der Waals surface area contributed by atoms with Gasteiger partial charge in [0.15, 0.2) is 6.61 Å². The second kappa shape index (κ2) is 7.87. The first-order valence-corrected chi connectivity index (χ1v) is 8.09. The third-order valence-electron chi connectivity index (χ3n) is 3.04. The van der Waals surface area contributed by atoms with Crippen molar-refractivity contribution in [1.82, 2.24) is 5.32 Å². The molecule has 0 aromatic heterocycles. The lowest BCUT2D eigenvalue weighted by molar-refractivity contribution is -0.153. The van der Waals surface area contributed by atoms with Crippen molar-refractivity contribution in [1.29, 1.82) is 0 Å². The van der Waals surface area contributed by atoms with Crippen LogP contribution in [-0.2, 0) is 4.79 Å². The van der Waals surface area contributed by atoms with Gasteiger partial charge in [0.1, 0.15) is 11.6 Å². The number of thioether (sulfide) groups is 1. The summed E-state index contributed by atoms with van der Waals surface area (Å²) in [5, 5.41) is 5.66. The zero-order valence-electron chi connectivity index (χ0n) is 12.1. The lowest BCUT2D eigenvalue weighted by atomic mass is 10.2. The summed E-state index contributed by atoms with van der Waals surface area (Å²) >= 11 is 1.73. The highest BCUT2D eigenvalue weighted by Gasteiger charge is 2.29. The van der Waals surface area contributed by atoms with Crippen LogP contribution in [0.25, 0.3) is 0 Å². The van der Waals surface area contributed by atoms with E-state index in [0.29, 0.717) is 0 Å². The molecule has 1 amide bonds. The van der Waals surface area contributed by atoms with E-state index in [9.17, 15) is 22.4 Å². The first-order valence-electron chi connectivity index (χ1n) is 6.93. The molecule has 1 aliphatic rings. The number of carbonyl (C=O) groups excluding carboxylic acids is 1. The Kier molecular flexibility index (Phi) is 6.11. The van der Waals surface area contributed by atoms with E-state index in [1.807, 2.05) is 0 Å². The van der Waals surface area contributed by atoms with Gasteiger partial charge in [-0.15, -0.1) is 0 Å². The molecule has 9 heteroatoms. The van der Waals surface area contributed by atoms with Crippen molar-refractivity contribution in [2.75, 3.05) is 30.0 Å². The monoisotopic (exact) mass is 352 g/mol. The predicted octanol–water partition coefficient (Wildman–Crippen LogP) is 2.80. The molecule has 23 heavy (non-hydrogen) atoms. The maximum atomic E-state index is 13.2. The van der Waals surface area contributed by atoms with Gasteiger partial charge in [-0.25, -0.2) is 4.39 Å². The Labute approximate surface area is 135 Å². The van der Waals surface area contributed by atoms with Gasteiger partial charge in [0, 0.05) is 36.6 Å². The average Bonchev–Trinajstić information content (AvgIpc) is 2.47. The lowest BCUT2D eigenvalue weighted by Crippen LogP contribution is -2.39. The number of alkyl halides is 3. The number of benzene rings is 1. The molecule has 1 fully saturated rings. The summed E-state index contributed by atoms with van der Waals surface area (Å²) in [6.45, 7) is -0.751. The summed E-state index contributed by atoms with van der Waals surface area (Å²) in [4.78, 5) is 12.0. The van der Waals surface area contributed by atoms with Gasteiger partial charge >= 0.3 is 6.18 Å². The van der Waals surface area contributed by atoms with Crippen LogP contribution in [0.4, 0.5) is 23.2 Å². The number of hydrogen-bond acceptors (Lipinski definition) is 4. The zero-order valence-corrected chi connectivity index (χ0v) is 12.9. The lowest BCUT2D eigenvalue weighted by Gasteiger charge is -2.22. The third kappa shape index (κ3) is 6.26. The Morgan fingerprint density at radius 3 is 2.87 bits per heavy atom. The van der Waals surface area contributed by atoms with Crippen LogP contribution in [0.2, 0.25) is 0 Å². The summed E-state index contributed by atoms with van der Waals surface area (Å²) in [6.07, 6.45) is -4.36. The highest BCUT2D eigenvalue weighted by Crippen LogP contribution is 2.28. The minimum atomic E-state index is -4.54. The standard InChI is InChI=1S/C14H16F4N2O2S/c15-9-1-2-11(12(5-9)22-8-14(16,17)18)20-13(21)6-10-7-23-4-3-19-10/h1-2,5,10,19H,3-4,6-8H2,(H,20,21). The first-order chi connectivity index (χ1) is 10.8. The van der Waals surface area contributed by atoms with E-state index in [4.69, 9.17) is 0 Å². The molecule has 1 unspecified atom stereocenters. The average molecular weight is 352 g/mol. The number of amides is 1. The van der Waals surface area contributed by atoms with E-state index >= 15 is 0 Å². The van der Waals surface area contributed by atoms with E-state index in [-0.39, 0.29) is 29.8 Å². The summed E-state index contributed by atoms with van der Waals surface area (Å²) in [5.74, 6) is 0.306. The van der Waals surface area contributed by atoms with Gasteiger partial charge < -0.3 is 15.4 Å². The van der Waals surface area contributed by atoms with Crippen molar-refractivity contribution in [3.63, 3.8) is 0 Å². The summed E-state index contributed by atoms with van der Waals surface area (Å²) < 4.78 is 54.4. The minimum absolute atomic E-state index is 0.00809. The molecule has 1 heterocycles. The summed E-state index contributed by atoms with van der Waals surface area (Å²) in [5.41, 5.74) is 0.0177. The normalized spacial score (nSPS) is 18.5. The molecule has 1 aromatic rings. The van der Waals surface area contributed by atoms with Crippen molar-refractivity contribution in [3.05, 3.63) is 24.0 Å². The van der Waals surface area contributed by atoms with E-state index in [2.05, 4.69) is 15.4 Å². The zero-order chi connectivity index (χ0) is 16.9. The Balaban J connectivity index is 1.98. The van der Waals surface area contributed by atoms with Crippen molar-refractivity contribution in [3.8, 4) is 5.75 Å². The molecule has 0 spiro atoms. The van der Waals surface area contributed by atoms with Gasteiger partial charge in [0.2, 0.25) is 5.91 Å². The van der Waals surface area contributed by atoms with Crippen LogP contribution >= 0.6 is 11.8 Å². The molecular weight excluding hydrogens is 336 g/mol. The predicted molar refractivity (Wildman–Crippen MR) is 80.3 cm³/mol. The molecule has 4 nitrogen and oxygen atoms in total.